The summed E-state index contributed by atoms with van der Waals surface area (Å²) in [6.45, 7) is 3.56. The normalized spacial score (nSPS) is 14.6. The Morgan fingerprint density at radius 3 is 2.58 bits per heavy atom. The summed E-state index contributed by atoms with van der Waals surface area (Å²) in [5.41, 5.74) is 2.49. The van der Waals surface area contributed by atoms with Crippen molar-refractivity contribution in [1.29, 1.82) is 0 Å². The number of nitrogens with one attached hydrogen (secondary N) is 1. The Balaban J connectivity index is 1.57. The van der Waals surface area contributed by atoms with Gasteiger partial charge >= 0.3 is 5.97 Å². The van der Waals surface area contributed by atoms with E-state index in [1.54, 1.807) is 18.2 Å². The molecule has 24 heavy (non-hydrogen) atoms. The van der Waals surface area contributed by atoms with Crippen molar-refractivity contribution in [3.63, 3.8) is 0 Å². The molecule has 0 saturated carbocycles. The number of piperidine rings is 1. The van der Waals surface area contributed by atoms with E-state index in [4.69, 9.17) is 5.11 Å². The fraction of sp³-hybridized carbons (Fsp3) is 0.368. The molecule has 3 rings (SSSR count). The maximum absolute atomic E-state index is 11.0. The van der Waals surface area contributed by atoms with Gasteiger partial charge in [-0.2, -0.15) is 0 Å². The summed E-state index contributed by atoms with van der Waals surface area (Å²) in [6.07, 6.45) is 5.66. The van der Waals surface area contributed by atoms with Crippen molar-refractivity contribution in [2.75, 3.05) is 18.0 Å². The molecule has 1 aromatic heterocycles. The summed E-state index contributed by atoms with van der Waals surface area (Å²) < 4.78 is 0. The van der Waals surface area contributed by atoms with Gasteiger partial charge in [0.2, 0.25) is 0 Å². The molecule has 0 aliphatic carbocycles. The molecule has 0 spiro atoms. The SMILES string of the molecule is O=C(O)c1cccc(CNCc2ccnc(N3CCCCC3)c2)c1. The number of nitrogens with zero attached hydrogens (tertiary/aromatic N) is 2. The number of pyridine rings is 1. The minimum atomic E-state index is -0.892. The molecule has 1 fully saturated rings. The largest absolute Gasteiger partial charge is 0.478 e. The van der Waals surface area contributed by atoms with Gasteiger partial charge in [-0.1, -0.05) is 12.1 Å². The molecular formula is C19H23N3O2. The van der Waals surface area contributed by atoms with Crippen LogP contribution in [0.2, 0.25) is 0 Å². The molecule has 5 nitrogen and oxygen atoms in total. The van der Waals surface area contributed by atoms with Crippen molar-refractivity contribution in [1.82, 2.24) is 10.3 Å². The summed E-state index contributed by atoms with van der Waals surface area (Å²) in [6, 6.07) is 11.2. The third kappa shape index (κ3) is 4.32. The molecule has 2 aromatic rings. The van der Waals surface area contributed by atoms with E-state index in [0.717, 1.165) is 31.0 Å². The molecule has 0 bridgehead atoms. The van der Waals surface area contributed by atoms with Crippen LogP contribution in [0.25, 0.3) is 0 Å². The standard InChI is InChI=1S/C19H23N3O2/c23-19(24)17-6-4-5-15(11-17)13-20-14-16-7-8-21-18(12-16)22-9-2-1-3-10-22/h4-8,11-12,20H,1-3,9-10,13-14H2,(H,23,24). The number of rotatable bonds is 6. The molecule has 1 saturated heterocycles. The lowest BCUT2D eigenvalue weighted by atomic mass is 10.1. The molecule has 0 radical (unpaired) electrons. The van der Waals surface area contributed by atoms with Crippen molar-refractivity contribution < 1.29 is 9.90 Å². The van der Waals surface area contributed by atoms with Crippen LogP contribution in [0.4, 0.5) is 5.82 Å². The van der Waals surface area contributed by atoms with Gasteiger partial charge in [-0.3, -0.25) is 0 Å². The highest BCUT2D eigenvalue weighted by Gasteiger charge is 2.12. The Morgan fingerprint density at radius 2 is 1.83 bits per heavy atom. The quantitative estimate of drug-likeness (QED) is 0.854. The minimum absolute atomic E-state index is 0.325. The zero-order valence-corrected chi connectivity index (χ0v) is 13.7. The first-order chi connectivity index (χ1) is 11.7. The summed E-state index contributed by atoms with van der Waals surface area (Å²) >= 11 is 0. The van der Waals surface area contributed by atoms with Gasteiger partial charge in [-0.15, -0.1) is 0 Å². The lowest BCUT2D eigenvalue weighted by Crippen LogP contribution is -2.30. The number of hydrogen-bond acceptors (Lipinski definition) is 4. The van der Waals surface area contributed by atoms with Gasteiger partial charge in [-0.25, -0.2) is 9.78 Å². The van der Waals surface area contributed by atoms with E-state index in [9.17, 15) is 4.79 Å². The lowest BCUT2D eigenvalue weighted by molar-refractivity contribution is 0.0696. The van der Waals surface area contributed by atoms with Gasteiger partial charge in [0.05, 0.1) is 5.56 Å². The minimum Gasteiger partial charge on any atom is -0.478 e. The summed E-state index contributed by atoms with van der Waals surface area (Å²) in [4.78, 5) is 17.8. The van der Waals surface area contributed by atoms with E-state index in [1.165, 1.54) is 24.8 Å². The van der Waals surface area contributed by atoms with Crippen LogP contribution in [-0.4, -0.2) is 29.1 Å². The van der Waals surface area contributed by atoms with E-state index < -0.39 is 5.97 Å². The van der Waals surface area contributed by atoms with Crippen molar-refractivity contribution in [3.05, 3.63) is 59.3 Å². The number of aromatic carboxylic acids is 1. The van der Waals surface area contributed by atoms with Crippen molar-refractivity contribution in [2.45, 2.75) is 32.4 Å². The average molecular weight is 325 g/mol. The van der Waals surface area contributed by atoms with Gasteiger partial charge in [0.1, 0.15) is 5.82 Å². The van der Waals surface area contributed by atoms with E-state index in [2.05, 4.69) is 21.3 Å². The monoisotopic (exact) mass is 325 g/mol. The fourth-order valence-corrected chi connectivity index (χ4v) is 3.03. The summed E-state index contributed by atoms with van der Waals surface area (Å²) in [5, 5.41) is 12.4. The summed E-state index contributed by atoms with van der Waals surface area (Å²) in [7, 11) is 0. The first-order valence-electron chi connectivity index (χ1n) is 8.45. The van der Waals surface area contributed by atoms with Gasteiger partial charge in [0, 0.05) is 32.4 Å². The molecule has 1 aliphatic heterocycles. The highest BCUT2D eigenvalue weighted by Crippen LogP contribution is 2.18. The molecule has 0 amide bonds. The fourth-order valence-electron chi connectivity index (χ4n) is 3.03. The predicted molar refractivity (Wildman–Crippen MR) is 94.2 cm³/mol. The van der Waals surface area contributed by atoms with Crippen LogP contribution >= 0.6 is 0 Å². The van der Waals surface area contributed by atoms with Gasteiger partial charge in [0.15, 0.2) is 0 Å². The molecule has 0 atom stereocenters. The van der Waals surface area contributed by atoms with Gasteiger partial charge in [0.25, 0.3) is 0 Å². The Morgan fingerprint density at radius 1 is 1.08 bits per heavy atom. The number of hydrogen-bond donors (Lipinski definition) is 2. The second kappa shape index (κ2) is 7.93. The molecule has 0 unspecified atom stereocenters. The third-order valence-electron chi connectivity index (χ3n) is 4.32. The number of carboxylic acids is 1. The number of aromatic nitrogens is 1. The predicted octanol–water partition coefficient (Wildman–Crippen LogP) is 3.06. The topological polar surface area (TPSA) is 65.5 Å². The third-order valence-corrected chi connectivity index (χ3v) is 4.32. The molecule has 5 heteroatoms. The van der Waals surface area contributed by atoms with E-state index in [1.807, 2.05) is 18.3 Å². The number of carboxylic acid groups (broad SMARTS) is 1. The average Bonchev–Trinajstić information content (AvgIpc) is 2.63. The van der Waals surface area contributed by atoms with Crippen LogP contribution in [-0.2, 0) is 13.1 Å². The highest BCUT2D eigenvalue weighted by atomic mass is 16.4. The zero-order valence-electron chi connectivity index (χ0n) is 13.7. The maximum Gasteiger partial charge on any atom is 0.335 e. The van der Waals surface area contributed by atoms with Crippen LogP contribution in [0.1, 0.15) is 40.7 Å². The number of benzene rings is 1. The Kier molecular flexibility index (Phi) is 5.43. The zero-order chi connectivity index (χ0) is 16.8. The van der Waals surface area contributed by atoms with Crippen molar-refractivity contribution in [3.8, 4) is 0 Å². The molecule has 1 aromatic carbocycles. The maximum atomic E-state index is 11.0. The second-order valence-electron chi connectivity index (χ2n) is 6.18. The van der Waals surface area contributed by atoms with Gasteiger partial charge < -0.3 is 15.3 Å². The number of carbonyl (C=O) groups is 1. The second-order valence-corrected chi connectivity index (χ2v) is 6.18. The van der Waals surface area contributed by atoms with Crippen molar-refractivity contribution >= 4 is 11.8 Å². The lowest BCUT2D eigenvalue weighted by Gasteiger charge is -2.27. The van der Waals surface area contributed by atoms with E-state index >= 15 is 0 Å². The number of anilines is 1. The Bertz CT molecular complexity index is 697. The van der Waals surface area contributed by atoms with Crippen LogP contribution in [0.15, 0.2) is 42.6 Å². The van der Waals surface area contributed by atoms with E-state index in [-0.39, 0.29) is 0 Å². The van der Waals surface area contributed by atoms with Crippen LogP contribution in [0, 0.1) is 0 Å². The van der Waals surface area contributed by atoms with Crippen LogP contribution in [0.3, 0.4) is 0 Å². The highest BCUT2D eigenvalue weighted by molar-refractivity contribution is 5.87. The smallest absolute Gasteiger partial charge is 0.335 e. The van der Waals surface area contributed by atoms with Crippen LogP contribution < -0.4 is 10.2 Å². The van der Waals surface area contributed by atoms with E-state index in [0.29, 0.717) is 12.1 Å². The first-order valence-corrected chi connectivity index (χ1v) is 8.45. The molecular weight excluding hydrogens is 302 g/mol. The van der Waals surface area contributed by atoms with Gasteiger partial charge in [-0.05, 0) is 54.7 Å². The molecule has 1 aliphatic rings. The molecule has 2 N–H and O–H groups in total. The van der Waals surface area contributed by atoms with Crippen molar-refractivity contribution in [2.24, 2.45) is 0 Å². The van der Waals surface area contributed by atoms with Crippen LogP contribution in [0.5, 0.6) is 0 Å². The summed E-state index contributed by atoms with van der Waals surface area (Å²) in [5.74, 6) is 0.166. The molecule has 126 valence electrons. The molecule has 2 heterocycles. The first kappa shape index (κ1) is 16.5. The Hall–Kier alpha value is -2.40. The Labute approximate surface area is 142 Å².